The number of nitrogens with zero attached hydrogens (tertiary/aromatic N) is 8. The van der Waals surface area contributed by atoms with Crippen molar-refractivity contribution in [1.29, 1.82) is 0 Å². The van der Waals surface area contributed by atoms with E-state index in [1.807, 2.05) is 73.3 Å². The minimum Gasteiger partial charge on any atom is -0.346 e. The normalized spacial score (nSPS) is 18.2. The molecule has 0 unspecified atom stereocenters. The van der Waals surface area contributed by atoms with Crippen LogP contribution in [0.15, 0.2) is 73.1 Å². The minimum atomic E-state index is -0.389. The Labute approximate surface area is 268 Å². The van der Waals surface area contributed by atoms with E-state index in [9.17, 15) is 4.79 Å². The molecule has 0 spiro atoms. The lowest BCUT2D eigenvalue weighted by molar-refractivity contribution is -0.202. The van der Waals surface area contributed by atoms with Crippen LogP contribution in [-0.4, -0.2) is 58.7 Å². The molecule has 1 saturated carbocycles. The van der Waals surface area contributed by atoms with Gasteiger partial charge in [-0.3, -0.25) is 9.48 Å². The predicted octanol–water partition coefficient (Wildman–Crippen LogP) is 6.00. The molecule has 8 rings (SSSR count). The molecule has 2 fully saturated rings. The number of rotatable bonds is 7. The highest BCUT2D eigenvalue weighted by atomic mass is 35.5. The monoisotopic (exact) mass is 635 g/mol. The number of amides is 1. The highest BCUT2D eigenvalue weighted by Crippen LogP contribution is 2.35. The van der Waals surface area contributed by atoms with Crippen molar-refractivity contribution in [1.82, 2.24) is 39.6 Å². The first-order valence-electron chi connectivity index (χ1n) is 15.2. The Hall–Kier alpha value is -4.91. The largest absolute Gasteiger partial charge is 0.346 e. The number of aromatic nitrogens is 8. The van der Waals surface area contributed by atoms with Gasteiger partial charge in [0.2, 0.25) is 5.82 Å². The highest BCUT2D eigenvalue weighted by molar-refractivity contribution is 6.34. The topological polar surface area (TPSA) is 126 Å². The van der Waals surface area contributed by atoms with Crippen LogP contribution in [0, 0.1) is 13.8 Å². The maximum atomic E-state index is 13.6. The van der Waals surface area contributed by atoms with Crippen molar-refractivity contribution in [3.8, 4) is 22.5 Å². The number of aryl methyl sites for hydroxylation is 1. The zero-order chi connectivity index (χ0) is 31.4. The van der Waals surface area contributed by atoms with Crippen LogP contribution in [0.5, 0.6) is 0 Å². The number of carbonyl (C=O) groups is 1. The number of carbonyl (C=O) groups excluding carboxylic acids is 1. The van der Waals surface area contributed by atoms with E-state index in [1.54, 1.807) is 27.6 Å². The first kappa shape index (κ1) is 28.6. The molecule has 5 heterocycles. The van der Waals surface area contributed by atoms with Crippen molar-refractivity contribution in [3.63, 3.8) is 0 Å². The Kier molecular flexibility index (Phi) is 7.12. The Bertz CT molecular complexity index is 2070. The molecule has 2 aliphatic rings. The van der Waals surface area contributed by atoms with E-state index in [1.165, 1.54) is 0 Å². The van der Waals surface area contributed by atoms with E-state index in [0.717, 1.165) is 40.9 Å². The number of nitrogens with one attached hydrogen (secondary N) is 1. The van der Waals surface area contributed by atoms with E-state index >= 15 is 0 Å². The van der Waals surface area contributed by atoms with Crippen molar-refractivity contribution >= 4 is 28.7 Å². The summed E-state index contributed by atoms with van der Waals surface area (Å²) in [5.41, 5.74) is 6.97. The molecule has 12 nitrogen and oxygen atoms in total. The van der Waals surface area contributed by atoms with Crippen molar-refractivity contribution in [2.45, 2.75) is 45.1 Å². The van der Waals surface area contributed by atoms with Gasteiger partial charge in [0.05, 0.1) is 59.0 Å². The summed E-state index contributed by atoms with van der Waals surface area (Å²) in [7, 11) is 0. The Balaban J connectivity index is 1.04. The third-order valence-corrected chi connectivity index (χ3v) is 8.78. The third-order valence-electron chi connectivity index (χ3n) is 8.45. The van der Waals surface area contributed by atoms with Crippen LogP contribution < -0.4 is 5.32 Å². The summed E-state index contributed by atoms with van der Waals surface area (Å²) in [6.45, 7) is 4.98. The molecule has 2 aromatic carbocycles. The molecule has 1 N–H and O–H groups in total. The average molecular weight is 636 g/mol. The summed E-state index contributed by atoms with van der Waals surface area (Å²) in [5, 5.41) is 25.5. The summed E-state index contributed by atoms with van der Waals surface area (Å²) in [6, 6.07) is 19.4. The second-order valence-electron chi connectivity index (χ2n) is 11.7. The smallest absolute Gasteiger partial charge is 0.259 e. The molecule has 13 heteroatoms. The van der Waals surface area contributed by atoms with Gasteiger partial charge in [0.1, 0.15) is 0 Å². The van der Waals surface area contributed by atoms with Gasteiger partial charge in [-0.1, -0.05) is 41.9 Å². The van der Waals surface area contributed by atoms with Gasteiger partial charge in [-0.15, -0.1) is 10.2 Å². The van der Waals surface area contributed by atoms with Crippen molar-refractivity contribution in [2.24, 2.45) is 0 Å². The second-order valence-corrected chi connectivity index (χ2v) is 12.1. The number of ether oxygens (including phenoxy) is 2. The van der Waals surface area contributed by atoms with Crippen LogP contribution in [0.25, 0.3) is 28.0 Å². The summed E-state index contributed by atoms with van der Waals surface area (Å²) < 4.78 is 15.8. The van der Waals surface area contributed by atoms with Crippen LogP contribution in [0.4, 0.5) is 5.69 Å². The van der Waals surface area contributed by atoms with Gasteiger partial charge in [-0.05, 0) is 67.8 Å². The SMILES string of the molecule is Cc1nn(C2COC(c3ccccc3)OC2)c(C)c1-c1ccn2ncc(C(=O)Nc3cc(-c4nnn(C5CC5)n4)ccc3Cl)c2c1. The van der Waals surface area contributed by atoms with Crippen LogP contribution >= 0.6 is 11.6 Å². The number of halogens is 1. The number of pyridine rings is 1. The molecule has 0 radical (unpaired) electrons. The zero-order valence-corrected chi connectivity index (χ0v) is 25.9. The average Bonchev–Trinajstić information content (AvgIpc) is 3.51. The van der Waals surface area contributed by atoms with Gasteiger partial charge in [-0.2, -0.15) is 15.0 Å². The van der Waals surface area contributed by atoms with Crippen LogP contribution in [-0.2, 0) is 9.47 Å². The van der Waals surface area contributed by atoms with Crippen molar-refractivity contribution in [2.75, 3.05) is 18.5 Å². The summed E-state index contributed by atoms with van der Waals surface area (Å²) >= 11 is 6.49. The lowest BCUT2D eigenvalue weighted by Gasteiger charge is -2.30. The third kappa shape index (κ3) is 5.23. The lowest BCUT2D eigenvalue weighted by Crippen LogP contribution is -2.30. The van der Waals surface area contributed by atoms with Gasteiger partial charge in [0.25, 0.3) is 5.91 Å². The number of fused-ring (bicyclic) bond motifs is 1. The molecule has 4 aromatic heterocycles. The molecule has 232 valence electrons. The van der Waals surface area contributed by atoms with E-state index in [-0.39, 0.29) is 18.2 Å². The van der Waals surface area contributed by atoms with Gasteiger partial charge in [0.15, 0.2) is 6.29 Å². The molecular weight excluding hydrogens is 606 g/mol. The molecular formula is C33H30ClN9O3. The van der Waals surface area contributed by atoms with E-state index < -0.39 is 0 Å². The first-order valence-corrected chi connectivity index (χ1v) is 15.5. The zero-order valence-electron chi connectivity index (χ0n) is 25.2. The summed E-state index contributed by atoms with van der Waals surface area (Å²) in [5.74, 6) is 0.141. The van der Waals surface area contributed by atoms with Crippen LogP contribution in [0.2, 0.25) is 5.02 Å². The van der Waals surface area contributed by atoms with Crippen molar-refractivity contribution < 1.29 is 14.3 Å². The quantitative estimate of drug-likeness (QED) is 0.227. The van der Waals surface area contributed by atoms with Crippen LogP contribution in [0.1, 0.15) is 58.5 Å². The Morgan fingerprint density at radius 3 is 2.54 bits per heavy atom. The number of tetrazole rings is 1. The van der Waals surface area contributed by atoms with E-state index in [2.05, 4.69) is 25.8 Å². The molecule has 46 heavy (non-hydrogen) atoms. The lowest BCUT2D eigenvalue weighted by atomic mass is 10.0. The molecule has 1 amide bonds. The van der Waals surface area contributed by atoms with Crippen LogP contribution in [0.3, 0.4) is 0 Å². The molecule has 1 aliphatic heterocycles. The maximum Gasteiger partial charge on any atom is 0.259 e. The van der Waals surface area contributed by atoms with Gasteiger partial charge in [0, 0.05) is 28.6 Å². The highest BCUT2D eigenvalue weighted by Gasteiger charge is 2.29. The molecule has 0 bridgehead atoms. The number of benzene rings is 2. The van der Waals surface area contributed by atoms with Crippen molar-refractivity contribution in [3.05, 3.63) is 101 Å². The van der Waals surface area contributed by atoms with E-state index in [0.29, 0.717) is 52.4 Å². The number of hydrogen-bond acceptors (Lipinski definition) is 8. The first-order chi connectivity index (χ1) is 22.4. The minimum absolute atomic E-state index is 0.0681. The Morgan fingerprint density at radius 1 is 0.957 bits per heavy atom. The number of anilines is 1. The predicted molar refractivity (Wildman–Crippen MR) is 170 cm³/mol. The standard InChI is InChI=1S/C33H30ClN9O3/c1-19-30(20(2)42(38-19)25-17-45-33(46-18-25)21-6-4-3-5-7-21)22-12-13-41-29(15-22)26(16-35-41)32(44)36-28-14-23(8-11-27(28)34)31-37-40-43(39-31)24-9-10-24/h3-8,11-16,24-25,33H,9-10,17-18H2,1-2H3,(H,36,44). The van der Waals surface area contributed by atoms with Gasteiger partial charge in [-0.25, -0.2) is 4.52 Å². The van der Waals surface area contributed by atoms with E-state index in [4.69, 9.17) is 26.2 Å². The molecule has 0 atom stereocenters. The maximum absolute atomic E-state index is 13.6. The summed E-state index contributed by atoms with van der Waals surface area (Å²) in [4.78, 5) is 15.2. The Morgan fingerprint density at radius 2 is 1.76 bits per heavy atom. The van der Waals surface area contributed by atoms with Gasteiger partial charge >= 0.3 is 0 Å². The number of hydrogen-bond donors (Lipinski definition) is 1. The summed E-state index contributed by atoms with van der Waals surface area (Å²) in [6.07, 6.45) is 5.12. The van der Waals surface area contributed by atoms with Gasteiger partial charge < -0.3 is 14.8 Å². The fraction of sp³-hybridized carbons (Fsp3) is 0.273. The second kappa shape index (κ2) is 11.5. The molecule has 1 aliphatic carbocycles. The fourth-order valence-corrected chi connectivity index (χ4v) is 6.10. The molecule has 6 aromatic rings. The fourth-order valence-electron chi connectivity index (χ4n) is 5.94. The molecule has 1 saturated heterocycles.